The zero-order valence-corrected chi connectivity index (χ0v) is 27.1. The molecule has 0 spiro atoms. The molecule has 0 aromatic heterocycles. The number of carbonyl (C=O) groups excluding carboxylic acids is 3. The number of nitrogens with two attached hydrogens (primary N) is 1. The normalized spacial score (nSPS) is 16.7. The molecule has 1 aliphatic rings. The number of likely N-dealkylation sites (tertiary alicyclic amines) is 1. The van der Waals surface area contributed by atoms with Crippen molar-refractivity contribution < 1.29 is 19.5 Å². The Morgan fingerprint density at radius 2 is 1.53 bits per heavy atom. The molecular formula is C37H48N4O4. The number of hydrogen-bond donors (Lipinski definition) is 2. The number of piperidine rings is 1. The van der Waals surface area contributed by atoms with E-state index in [-0.39, 0.29) is 24.1 Å². The summed E-state index contributed by atoms with van der Waals surface area (Å²) in [5.74, 6) is -0.761. The lowest BCUT2D eigenvalue weighted by Gasteiger charge is -2.38. The number of amides is 3. The summed E-state index contributed by atoms with van der Waals surface area (Å²) >= 11 is 0. The van der Waals surface area contributed by atoms with Gasteiger partial charge >= 0.3 is 0 Å². The average Bonchev–Trinajstić information content (AvgIpc) is 3.05. The minimum absolute atomic E-state index is 0.151. The summed E-state index contributed by atoms with van der Waals surface area (Å²) in [6.07, 6.45) is 5.79. The van der Waals surface area contributed by atoms with E-state index in [4.69, 9.17) is 5.73 Å². The quantitative estimate of drug-likeness (QED) is 0.296. The van der Waals surface area contributed by atoms with Crippen LogP contribution in [0.15, 0.2) is 84.9 Å². The van der Waals surface area contributed by atoms with Crippen LogP contribution in [-0.2, 0) is 27.2 Å². The maximum atomic E-state index is 14.5. The molecule has 1 saturated heterocycles. The van der Waals surface area contributed by atoms with Gasteiger partial charge in [0.25, 0.3) is 0 Å². The predicted octanol–water partition coefficient (Wildman–Crippen LogP) is 4.34. The van der Waals surface area contributed by atoms with Crippen LogP contribution in [0.4, 0.5) is 0 Å². The minimum atomic E-state index is -0.849. The Labute approximate surface area is 267 Å². The Balaban J connectivity index is 1.65. The molecule has 1 unspecified atom stereocenters. The summed E-state index contributed by atoms with van der Waals surface area (Å²) in [6.45, 7) is 4.83. The van der Waals surface area contributed by atoms with Gasteiger partial charge < -0.3 is 25.5 Å². The number of nitrogens with zero attached hydrogens (tertiary/aromatic N) is 3. The number of aliphatic hydroxyl groups excluding tert-OH is 1. The molecule has 3 aromatic rings. The monoisotopic (exact) mass is 612 g/mol. The largest absolute Gasteiger partial charge is 0.393 e. The number of hydrogen-bond acceptors (Lipinski definition) is 5. The van der Waals surface area contributed by atoms with E-state index in [0.29, 0.717) is 38.8 Å². The van der Waals surface area contributed by atoms with Crippen LogP contribution in [0.1, 0.15) is 50.7 Å². The zero-order chi connectivity index (χ0) is 32.6. The Morgan fingerprint density at radius 3 is 2.20 bits per heavy atom. The SMILES string of the molecule is CCC(C)(N)C/C=C/C(=O)N(C)[C@H](Cc1ccc2ccccc2c1)C(=O)N(C)[C@H](Cc1ccccc1)C(=O)N1CCC(O)CC1. The molecule has 8 nitrogen and oxygen atoms in total. The molecule has 3 aromatic carbocycles. The molecule has 0 saturated carbocycles. The highest BCUT2D eigenvalue weighted by atomic mass is 16.3. The lowest BCUT2D eigenvalue weighted by atomic mass is 9.96. The lowest BCUT2D eigenvalue weighted by molar-refractivity contribution is -0.150. The van der Waals surface area contributed by atoms with Gasteiger partial charge in [0, 0.05) is 45.6 Å². The van der Waals surface area contributed by atoms with E-state index in [2.05, 4.69) is 6.07 Å². The van der Waals surface area contributed by atoms with Gasteiger partial charge in [-0.2, -0.15) is 0 Å². The molecule has 1 heterocycles. The Kier molecular flexibility index (Phi) is 11.5. The van der Waals surface area contributed by atoms with Crippen LogP contribution in [0, 0.1) is 0 Å². The average molecular weight is 613 g/mol. The first-order valence-electron chi connectivity index (χ1n) is 16.0. The van der Waals surface area contributed by atoms with Crippen molar-refractivity contribution in [2.75, 3.05) is 27.2 Å². The van der Waals surface area contributed by atoms with E-state index in [1.165, 1.54) is 15.9 Å². The molecule has 4 rings (SSSR count). The van der Waals surface area contributed by atoms with Crippen LogP contribution in [0.2, 0.25) is 0 Å². The fourth-order valence-corrected chi connectivity index (χ4v) is 5.74. The number of aliphatic hydroxyl groups is 1. The summed E-state index contributed by atoms with van der Waals surface area (Å²) in [6, 6.07) is 22.1. The van der Waals surface area contributed by atoms with Crippen LogP contribution in [0.5, 0.6) is 0 Å². The Bertz CT molecular complexity index is 1480. The van der Waals surface area contributed by atoms with Crippen molar-refractivity contribution in [3.8, 4) is 0 Å². The Morgan fingerprint density at radius 1 is 0.911 bits per heavy atom. The van der Waals surface area contributed by atoms with Crippen molar-refractivity contribution in [2.24, 2.45) is 5.73 Å². The van der Waals surface area contributed by atoms with Crippen molar-refractivity contribution in [1.82, 2.24) is 14.7 Å². The second kappa shape index (κ2) is 15.3. The van der Waals surface area contributed by atoms with Crippen molar-refractivity contribution in [2.45, 2.75) is 76.1 Å². The molecule has 240 valence electrons. The summed E-state index contributed by atoms with van der Waals surface area (Å²) in [7, 11) is 3.31. The van der Waals surface area contributed by atoms with Gasteiger partial charge in [-0.25, -0.2) is 0 Å². The molecule has 3 amide bonds. The smallest absolute Gasteiger partial charge is 0.246 e. The van der Waals surface area contributed by atoms with E-state index in [9.17, 15) is 19.5 Å². The molecule has 45 heavy (non-hydrogen) atoms. The molecule has 8 heteroatoms. The maximum absolute atomic E-state index is 14.5. The topological polar surface area (TPSA) is 107 Å². The fourth-order valence-electron chi connectivity index (χ4n) is 5.74. The second-order valence-electron chi connectivity index (χ2n) is 12.7. The number of benzene rings is 3. The first-order chi connectivity index (χ1) is 21.5. The number of rotatable bonds is 12. The van der Waals surface area contributed by atoms with Crippen molar-refractivity contribution >= 4 is 28.5 Å². The lowest BCUT2D eigenvalue weighted by Crippen LogP contribution is -2.57. The standard InChI is InChI=1S/C37H48N4O4/c1-5-37(2,38)21-11-16-34(43)39(3)32(26-28-17-18-29-14-9-10-15-30(29)24-28)35(44)40(4)33(25-27-12-7-6-8-13-27)36(45)41-22-19-31(42)20-23-41/h6-18,24,31-33,42H,5,19-23,25-26,38H2,1-4H3/b16-11+/t32-,33-,37?/m1/s1. The third-order valence-electron chi connectivity index (χ3n) is 9.14. The predicted molar refractivity (Wildman–Crippen MR) is 179 cm³/mol. The molecule has 3 atom stereocenters. The molecule has 3 N–H and O–H groups in total. The van der Waals surface area contributed by atoms with Gasteiger partial charge in [-0.05, 0) is 60.6 Å². The highest BCUT2D eigenvalue weighted by Gasteiger charge is 2.37. The maximum Gasteiger partial charge on any atom is 0.246 e. The van der Waals surface area contributed by atoms with Gasteiger partial charge in [0.1, 0.15) is 12.1 Å². The molecule has 0 bridgehead atoms. The summed E-state index contributed by atoms with van der Waals surface area (Å²) in [5.41, 5.74) is 7.71. The summed E-state index contributed by atoms with van der Waals surface area (Å²) in [5, 5.41) is 12.2. The van der Waals surface area contributed by atoms with Crippen molar-refractivity contribution in [3.05, 3.63) is 96.1 Å². The van der Waals surface area contributed by atoms with E-state index >= 15 is 0 Å². The van der Waals surface area contributed by atoms with E-state index in [0.717, 1.165) is 28.3 Å². The summed E-state index contributed by atoms with van der Waals surface area (Å²) < 4.78 is 0. The zero-order valence-electron chi connectivity index (χ0n) is 27.1. The van der Waals surface area contributed by atoms with Crippen LogP contribution < -0.4 is 5.73 Å². The Hall–Kier alpha value is -4.01. The molecule has 0 aliphatic carbocycles. The van der Waals surface area contributed by atoms with Crippen molar-refractivity contribution in [1.29, 1.82) is 0 Å². The van der Waals surface area contributed by atoms with Crippen LogP contribution >= 0.6 is 0 Å². The number of carbonyl (C=O) groups is 3. The third-order valence-corrected chi connectivity index (χ3v) is 9.14. The second-order valence-corrected chi connectivity index (χ2v) is 12.7. The van der Waals surface area contributed by atoms with Crippen LogP contribution in [-0.4, -0.2) is 88.4 Å². The van der Waals surface area contributed by atoms with Crippen LogP contribution in [0.3, 0.4) is 0 Å². The number of likely N-dealkylation sites (N-methyl/N-ethyl adjacent to an activating group) is 2. The van der Waals surface area contributed by atoms with Gasteiger partial charge in [0.15, 0.2) is 0 Å². The van der Waals surface area contributed by atoms with Gasteiger partial charge in [-0.1, -0.05) is 85.8 Å². The third kappa shape index (κ3) is 9.02. The van der Waals surface area contributed by atoms with Gasteiger partial charge in [0.2, 0.25) is 17.7 Å². The highest BCUT2D eigenvalue weighted by Crippen LogP contribution is 2.22. The highest BCUT2D eigenvalue weighted by molar-refractivity contribution is 5.95. The van der Waals surface area contributed by atoms with Gasteiger partial charge in [-0.3, -0.25) is 14.4 Å². The molecule has 1 fully saturated rings. The molecule has 1 aliphatic heterocycles. The minimum Gasteiger partial charge on any atom is -0.393 e. The number of fused-ring (bicyclic) bond motifs is 1. The summed E-state index contributed by atoms with van der Waals surface area (Å²) in [4.78, 5) is 46.7. The molecular weight excluding hydrogens is 564 g/mol. The first kappa shape index (κ1) is 33.9. The van der Waals surface area contributed by atoms with Crippen molar-refractivity contribution in [3.63, 3.8) is 0 Å². The van der Waals surface area contributed by atoms with Gasteiger partial charge in [0.05, 0.1) is 6.10 Å². The van der Waals surface area contributed by atoms with E-state index < -0.39 is 23.7 Å². The van der Waals surface area contributed by atoms with E-state index in [1.54, 1.807) is 25.1 Å². The first-order valence-corrected chi connectivity index (χ1v) is 16.0. The molecule has 0 radical (unpaired) electrons. The van der Waals surface area contributed by atoms with Gasteiger partial charge in [-0.15, -0.1) is 0 Å². The fraction of sp³-hybridized carbons (Fsp3) is 0.432. The van der Waals surface area contributed by atoms with E-state index in [1.807, 2.05) is 80.6 Å². The van der Waals surface area contributed by atoms with Crippen LogP contribution in [0.25, 0.3) is 10.8 Å².